The quantitative estimate of drug-likeness (QED) is 0.250. The van der Waals surface area contributed by atoms with Crippen molar-refractivity contribution in [3.8, 4) is 0 Å². The highest BCUT2D eigenvalue weighted by atomic mass is 127. The van der Waals surface area contributed by atoms with Crippen LogP contribution in [-0.4, -0.2) is 46.2 Å². The summed E-state index contributed by atoms with van der Waals surface area (Å²) in [7, 11) is -0.734. The summed E-state index contributed by atoms with van der Waals surface area (Å²) >= 11 is 0. The number of hydrogen-bond acceptors (Lipinski definition) is 3. The molecule has 1 fully saturated rings. The molecule has 1 aromatic rings. The third-order valence-corrected chi connectivity index (χ3v) is 6.85. The van der Waals surface area contributed by atoms with E-state index in [1.54, 1.807) is 0 Å². The third kappa shape index (κ3) is 8.91. The Balaban J connectivity index is 0.00000450. The molecule has 0 radical (unpaired) electrons. The molecule has 1 amide bonds. The van der Waals surface area contributed by atoms with E-state index in [-0.39, 0.29) is 35.1 Å². The molecule has 3 atom stereocenters. The predicted molar refractivity (Wildman–Crippen MR) is 137 cm³/mol. The van der Waals surface area contributed by atoms with Crippen molar-refractivity contribution in [1.82, 2.24) is 16.0 Å². The molecule has 0 aromatic heterocycles. The minimum absolute atomic E-state index is 0. The molecular weight excluding hydrogens is 511 g/mol. The zero-order valence-electron chi connectivity index (χ0n) is 18.4. The molecule has 0 spiro atoms. The maximum absolute atomic E-state index is 12.2. The molecular formula is C22H37IN4O2S. The molecule has 3 N–H and O–H groups in total. The van der Waals surface area contributed by atoms with Crippen LogP contribution in [0.2, 0.25) is 0 Å². The fourth-order valence-corrected chi connectivity index (χ4v) is 4.93. The van der Waals surface area contributed by atoms with E-state index in [9.17, 15) is 9.00 Å². The molecule has 0 aliphatic heterocycles. The van der Waals surface area contributed by atoms with E-state index < -0.39 is 10.8 Å². The molecule has 1 aromatic carbocycles. The van der Waals surface area contributed by atoms with Gasteiger partial charge in [0.2, 0.25) is 0 Å². The lowest BCUT2D eigenvalue weighted by Gasteiger charge is -2.30. The smallest absolute Gasteiger partial charge is 0.251 e. The Labute approximate surface area is 200 Å². The van der Waals surface area contributed by atoms with Crippen molar-refractivity contribution < 1.29 is 9.00 Å². The molecule has 1 saturated carbocycles. The Morgan fingerprint density at radius 1 is 1.20 bits per heavy atom. The van der Waals surface area contributed by atoms with Crippen LogP contribution in [0.15, 0.2) is 29.3 Å². The maximum atomic E-state index is 12.2. The zero-order chi connectivity index (χ0) is 21.1. The van der Waals surface area contributed by atoms with Gasteiger partial charge in [0.15, 0.2) is 5.96 Å². The lowest BCUT2D eigenvalue weighted by atomic mass is 9.95. The van der Waals surface area contributed by atoms with Gasteiger partial charge >= 0.3 is 0 Å². The van der Waals surface area contributed by atoms with Gasteiger partial charge in [-0.15, -0.1) is 24.0 Å². The molecule has 170 valence electrons. The summed E-state index contributed by atoms with van der Waals surface area (Å²) in [5.74, 6) is 1.47. The fraction of sp³-hybridized carbons (Fsp3) is 0.636. The Morgan fingerprint density at radius 3 is 2.70 bits per heavy atom. The second-order valence-electron chi connectivity index (χ2n) is 7.45. The summed E-state index contributed by atoms with van der Waals surface area (Å²) in [6.45, 7) is 8.04. The van der Waals surface area contributed by atoms with Crippen molar-refractivity contribution in [3.63, 3.8) is 0 Å². The van der Waals surface area contributed by atoms with E-state index in [0.29, 0.717) is 24.7 Å². The van der Waals surface area contributed by atoms with E-state index in [2.05, 4.69) is 16.0 Å². The molecule has 8 heteroatoms. The van der Waals surface area contributed by atoms with Gasteiger partial charge in [-0.2, -0.15) is 0 Å². The molecule has 0 saturated heterocycles. The Morgan fingerprint density at radius 2 is 2.00 bits per heavy atom. The highest BCUT2D eigenvalue weighted by Crippen LogP contribution is 2.23. The second kappa shape index (κ2) is 14.8. The van der Waals surface area contributed by atoms with E-state index in [1.165, 1.54) is 0 Å². The van der Waals surface area contributed by atoms with Crippen molar-refractivity contribution >= 4 is 46.6 Å². The van der Waals surface area contributed by atoms with E-state index in [4.69, 9.17) is 4.99 Å². The summed E-state index contributed by atoms with van der Waals surface area (Å²) in [4.78, 5) is 16.9. The van der Waals surface area contributed by atoms with Gasteiger partial charge in [-0.1, -0.05) is 32.4 Å². The van der Waals surface area contributed by atoms with Gasteiger partial charge in [-0.25, -0.2) is 4.99 Å². The lowest BCUT2D eigenvalue weighted by Crippen LogP contribution is -2.46. The predicted octanol–water partition coefficient (Wildman–Crippen LogP) is 3.58. The SMILES string of the molecule is CCCNC(=O)c1cccc(CN=C(NCC)NC2CCCC(S(=O)CC)C2)c1.I. The van der Waals surface area contributed by atoms with Gasteiger partial charge < -0.3 is 16.0 Å². The fourth-order valence-electron chi connectivity index (χ4n) is 3.59. The minimum Gasteiger partial charge on any atom is -0.357 e. The van der Waals surface area contributed by atoms with E-state index in [0.717, 1.165) is 55.9 Å². The number of benzene rings is 1. The number of carbonyl (C=O) groups is 1. The third-order valence-electron chi connectivity index (χ3n) is 5.11. The van der Waals surface area contributed by atoms with Gasteiger partial charge in [0.1, 0.15) is 0 Å². The van der Waals surface area contributed by atoms with Crippen LogP contribution in [0.5, 0.6) is 0 Å². The Kier molecular flexibility index (Phi) is 13.2. The number of aliphatic imine (C=N–C) groups is 1. The first-order chi connectivity index (χ1) is 14.1. The Bertz CT molecular complexity index is 714. The van der Waals surface area contributed by atoms with Crippen LogP contribution in [0.3, 0.4) is 0 Å². The largest absolute Gasteiger partial charge is 0.357 e. The average Bonchev–Trinajstić information content (AvgIpc) is 2.75. The van der Waals surface area contributed by atoms with Crippen molar-refractivity contribution in [2.24, 2.45) is 4.99 Å². The summed E-state index contributed by atoms with van der Waals surface area (Å²) in [6.07, 6.45) is 5.08. The first-order valence-electron chi connectivity index (χ1n) is 10.9. The van der Waals surface area contributed by atoms with Crippen molar-refractivity contribution in [3.05, 3.63) is 35.4 Å². The summed E-state index contributed by atoms with van der Waals surface area (Å²) in [5.41, 5.74) is 1.67. The number of amides is 1. The van der Waals surface area contributed by atoms with Gasteiger partial charge in [0.25, 0.3) is 5.91 Å². The molecule has 1 aliphatic carbocycles. The molecule has 0 heterocycles. The number of hydrogen-bond donors (Lipinski definition) is 3. The number of nitrogens with zero attached hydrogens (tertiary/aromatic N) is 1. The zero-order valence-corrected chi connectivity index (χ0v) is 21.6. The number of nitrogens with one attached hydrogen (secondary N) is 3. The molecule has 0 bridgehead atoms. The minimum atomic E-state index is -0.734. The highest BCUT2D eigenvalue weighted by Gasteiger charge is 2.26. The van der Waals surface area contributed by atoms with Crippen LogP contribution < -0.4 is 16.0 Å². The second-order valence-corrected chi connectivity index (χ2v) is 9.46. The summed E-state index contributed by atoms with van der Waals surface area (Å²) in [6, 6.07) is 7.92. The van der Waals surface area contributed by atoms with Crippen molar-refractivity contribution in [2.45, 2.75) is 70.7 Å². The first kappa shape index (κ1) is 26.9. The summed E-state index contributed by atoms with van der Waals surface area (Å²) < 4.78 is 12.2. The number of carbonyl (C=O) groups excluding carboxylic acids is 1. The average molecular weight is 549 g/mol. The molecule has 3 unspecified atom stereocenters. The molecule has 6 nitrogen and oxygen atoms in total. The van der Waals surface area contributed by atoms with Crippen molar-refractivity contribution in [1.29, 1.82) is 0 Å². The normalized spacial score (nSPS) is 20.0. The maximum Gasteiger partial charge on any atom is 0.251 e. The highest BCUT2D eigenvalue weighted by molar-refractivity contribution is 14.0. The van der Waals surface area contributed by atoms with Gasteiger partial charge in [-0.3, -0.25) is 9.00 Å². The van der Waals surface area contributed by atoms with Gasteiger partial charge in [0.05, 0.1) is 6.54 Å². The first-order valence-corrected chi connectivity index (χ1v) is 12.2. The van der Waals surface area contributed by atoms with Gasteiger partial charge in [0, 0.05) is 46.5 Å². The van der Waals surface area contributed by atoms with E-state index >= 15 is 0 Å². The van der Waals surface area contributed by atoms with Gasteiger partial charge in [-0.05, 0) is 50.3 Å². The standard InChI is InChI=1S/C22H36N4O2S.HI/c1-4-13-24-21(27)18-10-7-9-17(14-18)16-25-22(23-5-2)26-19-11-8-12-20(15-19)29(28)6-3;/h7,9-10,14,19-20H,4-6,8,11-13,15-16H2,1-3H3,(H,24,27)(H2,23,25,26);1H. The van der Waals surface area contributed by atoms with Crippen LogP contribution in [0.1, 0.15) is 68.8 Å². The Hall–Kier alpha value is -1.16. The van der Waals surface area contributed by atoms with Crippen LogP contribution in [0, 0.1) is 0 Å². The van der Waals surface area contributed by atoms with Crippen LogP contribution in [0.4, 0.5) is 0 Å². The molecule has 2 rings (SSSR count). The number of halogens is 1. The van der Waals surface area contributed by atoms with Crippen LogP contribution in [-0.2, 0) is 17.3 Å². The molecule has 30 heavy (non-hydrogen) atoms. The lowest BCUT2D eigenvalue weighted by molar-refractivity contribution is 0.0953. The number of guanidine groups is 1. The summed E-state index contributed by atoms with van der Waals surface area (Å²) in [5, 5.41) is 10.0. The van der Waals surface area contributed by atoms with E-state index in [1.807, 2.05) is 45.0 Å². The van der Waals surface area contributed by atoms with Crippen molar-refractivity contribution in [2.75, 3.05) is 18.8 Å². The van der Waals surface area contributed by atoms with Crippen LogP contribution >= 0.6 is 24.0 Å². The van der Waals surface area contributed by atoms with Crippen LogP contribution in [0.25, 0.3) is 0 Å². The molecule has 1 aliphatic rings. The number of rotatable bonds is 9. The topological polar surface area (TPSA) is 82.6 Å². The monoisotopic (exact) mass is 548 g/mol.